The Morgan fingerprint density at radius 2 is 1.93 bits per heavy atom. The highest BCUT2D eigenvalue weighted by Crippen LogP contribution is 2.38. The summed E-state index contributed by atoms with van der Waals surface area (Å²) < 4.78 is 1.41. The average molecular weight is 404 g/mol. The number of aryl methyl sites for hydroxylation is 1. The van der Waals surface area contributed by atoms with E-state index in [1.54, 1.807) is 34.5 Å². The van der Waals surface area contributed by atoms with Gasteiger partial charge in [-0.15, -0.1) is 11.8 Å². The molecule has 0 spiro atoms. The fourth-order valence-corrected chi connectivity index (χ4v) is 4.36. The first-order valence-electron chi connectivity index (χ1n) is 8.62. The zero-order valence-corrected chi connectivity index (χ0v) is 17.1. The number of rotatable bonds is 5. The minimum Gasteiger partial charge on any atom is -0.329 e. The van der Waals surface area contributed by atoms with Crippen LogP contribution in [0.5, 0.6) is 0 Å². The van der Waals surface area contributed by atoms with Gasteiger partial charge in [0.05, 0.1) is 17.4 Å². The second kappa shape index (κ2) is 7.54. The number of benzene rings is 2. The molecule has 0 unspecified atom stereocenters. The number of hydrogen-bond acceptors (Lipinski definition) is 4. The number of nitrogens with one attached hydrogen (secondary N) is 1. The van der Waals surface area contributed by atoms with Gasteiger partial charge in [-0.3, -0.25) is 14.3 Å². The number of para-hydroxylation sites is 1. The van der Waals surface area contributed by atoms with Gasteiger partial charge in [0.2, 0.25) is 0 Å². The van der Waals surface area contributed by atoms with Crippen molar-refractivity contribution in [2.45, 2.75) is 37.0 Å². The summed E-state index contributed by atoms with van der Waals surface area (Å²) in [7, 11) is 0. The van der Waals surface area contributed by atoms with Crippen molar-refractivity contribution < 1.29 is 0 Å². The highest BCUT2D eigenvalue weighted by Gasteiger charge is 2.21. The van der Waals surface area contributed by atoms with E-state index in [1.165, 1.54) is 0 Å². The Morgan fingerprint density at radius 1 is 1.22 bits per heavy atom. The van der Waals surface area contributed by atoms with E-state index >= 15 is 0 Å². The highest BCUT2D eigenvalue weighted by molar-refractivity contribution is 8.00. The van der Waals surface area contributed by atoms with Crippen molar-refractivity contribution >= 4 is 34.3 Å². The van der Waals surface area contributed by atoms with Gasteiger partial charge in [0, 0.05) is 21.2 Å². The molecule has 0 saturated heterocycles. The van der Waals surface area contributed by atoms with Crippen LogP contribution < -0.4 is 17.0 Å². The van der Waals surface area contributed by atoms with Gasteiger partial charge < -0.3 is 5.73 Å². The summed E-state index contributed by atoms with van der Waals surface area (Å²) >= 11 is 7.97. The van der Waals surface area contributed by atoms with Crippen LogP contribution in [0.4, 0.5) is 0 Å². The topological polar surface area (TPSA) is 80.9 Å². The summed E-state index contributed by atoms with van der Waals surface area (Å²) in [5.74, 6) is 0. The molecule has 3 rings (SSSR count). The van der Waals surface area contributed by atoms with Crippen molar-refractivity contribution in [2.24, 2.45) is 5.73 Å². The predicted octanol–water partition coefficient (Wildman–Crippen LogP) is 3.53. The maximum absolute atomic E-state index is 12.5. The third-order valence-corrected chi connectivity index (χ3v) is 6.15. The van der Waals surface area contributed by atoms with E-state index in [0.29, 0.717) is 29.0 Å². The predicted molar refractivity (Wildman–Crippen MR) is 113 cm³/mol. The van der Waals surface area contributed by atoms with Crippen LogP contribution in [0.15, 0.2) is 50.9 Å². The average Bonchev–Trinajstić information content (AvgIpc) is 2.61. The number of halogens is 1. The monoisotopic (exact) mass is 403 g/mol. The van der Waals surface area contributed by atoms with E-state index in [-0.39, 0.29) is 10.3 Å². The standard InChI is InChI=1S/C20H22ClN3O2S/c1-12-8-14(21)9-13(17(12)27-20(2,3)11-22)10-24-16-7-5-4-6-15(16)18(25)23-19(24)26/h4-9H,10-11,22H2,1-3H3,(H,23,25,26). The number of aromatic nitrogens is 2. The Bertz CT molecular complexity index is 1120. The Kier molecular flexibility index (Phi) is 5.51. The summed E-state index contributed by atoms with van der Waals surface area (Å²) in [4.78, 5) is 28.1. The first kappa shape index (κ1) is 19.7. The van der Waals surface area contributed by atoms with Crippen molar-refractivity contribution in [3.8, 4) is 0 Å². The van der Waals surface area contributed by atoms with Crippen molar-refractivity contribution in [3.05, 3.63) is 73.4 Å². The van der Waals surface area contributed by atoms with Gasteiger partial charge >= 0.3 is 5.69 Å². The molecule has 3 aromatic rings. The zero-order valence-electron chi connectivity index (χ0n) is 15.5. The molecule has 0 saturated carbocycles. The van der Waals surface area contributed by atoms with Crippen molar-refractivity contribution in [2.75, 3.05) is 6.54 Å². The summed E-state index contributed by atoms with van der Waals surface area (Å²) in [6.45, 7) is 6.98. The quantitative estimate of drug-likeness (QED) is 0.638. The number of hydrogen-bond donors (Lipinski definition) is 2. The normalized spacial score (nSPS) is 11.9. The zero-order chi connectivity index (χ0) is 19.8. The molecule has 0 amide bonds. The third-order valence-electron chi connectivity index (χ3n) is 4.42. The molecule has 142 valence electrons. The van der Waals surface area contributed by atoms with Crippen LogP contribution >= 0.6 is 23.4 Å². The lowest BCUT2D eigenvalue weighted by atomic mass is 10.1. The van der Waals surface area contributed by atoms with Crippen LogP contribution in [0.25, 0.3) is 10.9 Å². The number of aromatic amines is 1. The third kappa shape index (κ3) is 4.13. The van der Waals surface area contributed by atoms with Crippen LogP contribution in [-0.2, 0) is 6.54 Å². The minimum absolute atomic E-state index is 0.161. The number of thioether (sulfide) groups is 1. The minimum atomic E-state index is -0.439. The molecule has 5 nitrogen and oxygen atoms in total. The molecule has 0 aliphatic rings. The summed E-state index contributed by atoms with van der Waals surface area (Å²) in [6.07, 6.45) is 0. The summed E-state index contributed by atoms with van der Waals surface area (Å²) in [5.41, 5.74) is 7.64. The lowest BCUT2D eigenvalue weighted by Crippen LogP contribution is -2.31. The molecule has 1 heterocycles. The SMILES string of the molecule is Cc1cc(Cl)cc(Cn2c(=O)[nH]c(=O)c3ccccc32)c1SC(C)(C)CN. The van der Waals surface area contributed by atoms with E-state index in [9.17, 15) is 9.59 Å². The first-order valence-corrected chi connectivity index (χ1v) is 9.81. The second-order valence-electron chi connectivity index (χ2n) is 7.14. The van der Waals surface area contributed by atoms with Crippen LogP contribution in [0.3, 0.4) is 0 Å². The van der Waals surface area contributed by atoms with E-state index in [2.05, 4.69) is 18.8 Å². The fraction of sp³-hybridized carbons (Fsp3) is 0.300. The van der Waals surface area contributed by atoms with Gasteiger partial charge in [0.15, 0.2) is 0 Å². The second-order valence-corrected chi connectivity index (χ2v) is 9.29. The van der Waals surface area contributed by atoms with Crippen LogP contribution in [-0.4, -0.2) is 20.8 Å². The Morgan fingerprint density at radius 3 is 2.63 bits per heavy atom. The molecule has 1 aromatic heterocycles. The highest BCUT2D eigenvalue weighted by atomic mass is 35.5. The van der Waals surface area contributed by atoms with Gasteiger partial charge in [-0.1, -0.05) is 23.7 Å². The van der Waals surface area contributed by atoms with Crippen LogP contribution in [0.2, 0.25) is 5.02 Å². The lowest BCUT2D eigenvalue weighted by Gasteiger charge is -2.25. The molecule has 0 aliphatic heterocycles. The van der Waals surface area contributed by atoms with E-state index < -0.39 is 5.69 Å². The molecule has 0 fully saturated rings. The molecular formula is C20H22ClN3O2S. The number of nitrogens with zero attached hydrogens (tertiary/aromatic N) is 1. The Hall–Kier alpha value is -2.02. The number of fused-ring (bicyclic) bond motifs is 1. The van der Waals surface area contributed by atoms with E-state index in [1.807, 2.05) is 25.1 Å². The molecule has 3 N–H and O–H groups in total. The number of H-pyrrole nitrogens is 1. The molecule has 0 atom stereocenters. The van der Waals surface area contributed by atoms with E-state index in [4.69, 9.17) is 17.3 Å². The van der Waals surface area contributed by atoms with E-state index in [0.717, 1.165) is 16.0 Å². The largest absolute Gasteiger partial charge is 0.329 e. The molecular weight excluding hydrogens is 382 g/mol. The maximum atomic E-state index is 12.5. The summed E-state index contributed by atoms with van der Waals surface area (Å²) in [5, 5.41) is 1.09. The maximum Gasteiger partial charge on any atom is 0.329 e. The molecule has 0 aliphatic carbocycles. The van der Waals surface area contributed by atoms with Gasteiger partial charge in [-0.25, -0.2) is 4.79 Å². The molecule has 27 heavy (non-hydrogen) atoms. The van der Waals surface area contributed by atoms with Crippen molar-refractivity contribution in [1.82, 2.24) is 9.55 Å². The smallest absolute Gasteiger partial charge is 0.329 e. The molecule has 0 bridgehead atoms. The molecule has 0 radical (unpaired) electrons. The fourth-order valence-electron chi connectivity index (χ4n) is 2.95. The Labute approximate surface area is 166 Å². The Balaban J connectivity index is 2.18. The van der Waals surface area contributed by atoms with Gasteiger partial charge in [-0.2, -0.15) is 0 Å². The van der Waals surface area contributed by atoms with Crippen molar-refractivity contribution in [1.29, 1.82) is 0 Å². The van der Waals surface area contributed by atoms with Crippen molar-refractivity contribution in [3.63, 3.8) is 0 Å². The lowest BCUT2D eigenvalue weighted by molar-refractivity contribution is 0.716. The summed E-state index contributed by atoms with van der Waals surface area (Å²) in [6, 6.07) is 10.9. The number of nitrogens with two attached hydrogens (primary N) is 1. The van der Waals surface area contributed by atoms with Gasteiger partial charge in [-0.05, 0) is 56.2 Å². The molecule has 7 heteroatoms. The van der Waals surface area contributed by atoms with Gasteiger partial charge in [0.1, 0.15) is 0 Å². The van der Waals surface area contributed by atoms with Crippen LogP contribution in [0, 0.1) is 6.92 Å². The van der Waals surface area contributed by atoms with Crippen LogP contribution in [0.1, 0.15) is 25.0 Å². The van der Waals surface area contributed by atoms with Gasteiger partial charge in [0.25, 0.3) is 5.56 Å². The molecule has 2 aromatic carbocycles. The first-order chi connectivity index (χ1) is 12.7.